The quantitative estimate of drug-likeness (QED) is 0.477. The van der Waals surface area contributed by atoms with Gasteiger partial charge >= 0.3 is 0 Å². The first-order valence-corrected chi connectivity index (χ1v) is 4.35. The lowest BCUT2D eigenvalue weighted by molar-refractivity contribution is -0.107. The third-order valence-corrected chi connectivity index (χ3v) is 1.95. The number of hydrogen-bond donors (Lipinski definition) is 1. The highest BCUT2D eigenvalue weighted by Crippen LogP contribution is 2.05. The van der Waals surface area contributed by atoms with E-state index in [1.807, 2.05) is 0 Å². The molecule has 0 atom stereocenters. The number of nitrogens with zero attached hydrogens (tertiary/aromatic N) is 1. The molecule has 1 aliphatic heterocycles. The summed E-state index contributed by atoms with van der Waals surface area (Å²) < 4.78 is 0. The number of hydrazine groups is 1. The Bertz CT molecular complexity index is 111. The van der Waals surface area contributed by atoms with E-state index in [4.69, 9.17) is 0 Å². The fourth-order valence-electron chi connectivity index (χ4n) is 1.33. The molecule has 0 radical (unpaired) electrons. The largest absolute Gasteiger partial charge is 0.303 e. The maximum atomic E-state index is 9.99. The third kappa shape index (κ3) is 3.49. The summed E-state index contributed by atoms with van der Waals surface area (Å²) in [6, 6.07) is 0. The van der Waals surface area contributed by atoms with E-state index in [9.17, 15) is 4.79 Å². The number of carbonyl (C=O) groups excluding carboxylic acids is 1. The number of carbonyl (C=O) groups is 1. The van der Waals surface area contributed by atoms with Crippen molar-refractivity contribution in [3.8, 4) is 0 Å². The van der Waals surface area contributed by atoms with Crippen LogP contribution < -0.4 is 5.43 Å². The third-order valence-electron chi connectivity index (χ3n) is 1.95. The fourth-order valence-corrected chi connectivity index (χ4v) is 1.33. The molecule has 1 saturated heterocycles. The van der Waals surface area contributed by atoms with Gasteiger partial charge in [-0.1, -0.05) is 6.42 Å². The standard InChI is InChI=1S/C8H16N2O/c11-8-4-5-9-10-6-2-1-3-7-10/h8-9H,1-7H2. The van der Waals surface area contributed by atoms with E-state index in [0.29, 0.717) is 6.42 Å². The Morgan fingerprint density at radius 1 is 1.27 bits per heavy atom. The number of hydrogen-bond acceptors (Lipinski definition) is 3. The molecule has 11 heavy (non-hydrogen) atoms. The molecule has 3 nitrogen and oxygen atoms in total. The molecular formula is C8H16N2O. The monoisotopic (exact) mass is 156 g/mol. The van der Waals surface area contributed by atoms with Crippen molar-refractivity contribution in [3.63, 3.8) is 0 Å². The number of nitrogens with one attached hydrogen (secondary N) is 1. The molecule has 0 spiro atoms. The van der Waals surface area contributed by atoms with E-state index in [0.717, 1.165) is 25.9 Å². The van der Waals surface area contributed by atoms with Crippen LogP contribution >= 0.6 is 0 Å². The molecule has 0 aliphatic carbocycles. The molecule has 0 aromatic heterocycles. The Balaban J connectivity index is 2.00. The van der Waals surface area contributed by atoms with Crippen LogP contribution in [0.15, 0.2) is 0 Å². The van der Waals surface area contributed by atoms with Gasteiger partial charge in [0.05, 0.1) is 0 Å². The summed E-state index contributed by atoms with van der Waals surface area (Å²) in [5.74, 6) is 0. The first kappa shape index (κ1) is 8.68. The normalized spacial score (nSPS) is 20.0. The minimum atomic E-state index is 0.622. The van der Waals surface area contributed by atoms with E-state index in [2.05, 4.69) is 10.4 Å². The molecular weight excluding hydrogens is 140 g/mol. The van der Waals surface area contributed by atoms with E-state index in [1.54, 1.807) is 0 Å². The molecule has 1 aliphatic rings. The molecule has 0 aromatic carbocycles. The molecule has 1 rings (SSSR count). The lowest BCUT2D eigenvalue weighted by Crippen LogP contribution is -2.42. The number of aldehydes is 1. The van der Waals surface area contributed by atoms with Crippen molar-refractivity contribution in [1.29, 1.82) is 0 Å². The maximum Gasteiger partial charge on any atom is 0.121 e. The highest BCUT2D eigenvalue weighted by atomic mass is 16.1. The Morgan fingerprint density at radius 2 is 2.00 bits per heavy atom. The van der Waals surface area contributed by atoms with Crippen molar-refractivity contribution in [1.82, 2.24) is 10.4 Å². The van der Waals surface area contributed by atoms with Crippen molar-refractivity contribution in [3.05, 3.63) is 0 Å². The summed E-state index contributed by atoms with van der Waals surface area (Å²) in [5.41, 5.74) is 3.22. The zero-order valence-electron chi connectivity index (χ0n) is 6.88. The average molecular weight is 156 g/mol. The maximum absolute atomic E-state index is 9.99. The van der Waals surface area contributed by atoms with Gasteiger partial charge in [0, 0.05) is 26.1 Å². The van der Waals surface area contributed by atoms with Gasteiger partial charge in [-0.25, -0.2) is 5.01 Å². The van der Waals surface area contributed by atoms with Gasteiger partial charge in [0.2, 0.25) is 0 Å². The summed E-state index contributed by atoms with van der Waals surface area (Å²) >= 11 is 0. The molecule has 0 amide bonds. The summed E-state index contributed by atoms with van der Waals surface area (Å²) in [6.45, 7) is 3.07. The summed E-state index contributed by atoms with van der Waals surface area (Å²) in [7, 11) is 0. The van der Waals surface area contributed by atoms with Crippen molar-refractivity contribution in [2.45, 2.75) is 25.7 Å². The highest BCUT2D eigenvalue weighted by Gasteiger charge is 2.07. The average Bonchev–Trinajstić information content (AvgIpc) is 2.07. The van der Waals surface area contributed by atoms with Crippen molar-refractivity contribution >= 4 is 6.29 Å². The van der Waals surface area contributed by atoms with Gasteiger partial charge in [0.1, 0.15) is 6.29 Å². The molecule has 0 saturated carbocycles. The van der Waals surface area contributed by atoms with Gasteiger partial charge in [0.25, 0.3) is 0 Å². The topological polar surface area (TPSA) is 32.3 Å². The first-order chi connectivity index (χ1) is 5.43. The molecule has 64 valence electrons. The van der Waals surface area contributed by atoms with Crippen LogP contribution in [0.5, 0.6) is 0 Å². The van der Waals surface area contributed by atoms with Crippen LogP contribution in [-0.2, 0) is 4.79 Å². The predicted molar refractivity (Wildman–Crippen MR) is 44.1 cm³/mol. The van der Waals surface area contributed by atoms with Crippen LogP contribution in [0.4, 0.5) is 0 Å². The van der Waals surface area contributed by atoms with E-state index in [1.165, 1.54) is 19.3 Å². The van der Waals surface area contributed by atoms with Crippen LogP contribution in [0.1, 0.15) is 25.7 Å². The minimum Gasteiger partial charge on any atom is -0.303 e. The Hall–Kier alpha value is -0.410. The summed E-state index contributed by atoms with van der Waals surface area (Å²) in [4.78, 5) is 9.99. The van der Waals surface area contributed by atoms with Crippen LogP contribution in [-0.4, -0.2) is 30.9 Å². The van der Waals surface area contributed by atoms with E-state index >= 15 is 0 Å². The van der Waals surface area contributed by atoms with Gasteiger partial charge in [-0.3, -0.25) is 5.43 Å². The zero-order valence-corrected chi connectivity index (χ0v) is 6.88. The van der Waals surface area contributed by atoms with Crippen LogP contribution in [0.25, 0.3) is 0 Å². The number of rotatable bonds is 4. The highest BCUT2D eigenvalue weighted by molar-refractivity contribution is 5.49. The van der Waals surface area contributed by atoms with Crippen molar-refractivity contribution < 1.29 is 4.79 Å². The zero-order chi connectivity index (χ0) is 7.94. The second-order valence-corrected chi connectivity index (χ2v) is 2.91. The van der Waals surface area contributed by atoms with Crippen molar-refractivity contribution in [2.24, 2.45) is 0 Å². The second-order valence-electron chi connectivity index (χ2n) is 2.91. The smallest absolute Gasteiger partial charge is 0.121 e. The Kier molecular flexibility index (Phi) is 4.16. The van der Waals surface area contributed by atoms with E-state index in [-0.39, 0.29) is 0 Å². The van der Waals surface area contributed by atoms with Gasteiger partial charge in [0.15, 0.2) is 0 Å². The molecule has 1 fully saturated rings. The lowest BCUT2D eigenvalue weighted by Gasteiger charge is -2.26. The molecule has 0 aromatic rings. The van der Waals surface area contributed by atoms with Gasteiger partial charge in [-0.05, 0) is 12.8 Å². The number of piperidine rings is 1. The molecule has 1 heterocycles. The second kappa shape index (κ2) is 5.27. The van der Waals surface area contributed by atoms with Crippen LogP contribution in [0.2, 0.25) is 0 Å². The Morgan fingerprint density at radius 3 is 2.64 bits per heavy atom. The molecule has 0 unspecified atom stereocenters. The Labute approximate surface area is 67.7 Å². The minimum absolute atomic E-state index is 0.622. The molecule has 0 bridgehead atoms. The van der Waals surface area contributed by atoms with E-state index < -0.39 is 0 Å². The van der Waals surface area contributed by atoms with Gasteiger partial charge < -0.3 is 4.79 Å². The predicted octanol–water partition coefficient (Wildman–Crippen LogP) is 0.566. The molecule has 1 N–H and O–H groups in total. The summed E-state index contributed by atoms with van der Waals surface area (Å²) in [6.07, 6.45) is 5.50. The summed E-state index contributed by atoms with van der Waals surface area (Å²) in [5, 5.41) is 2.22. The SMILES string of the molecule is O=CCCNN1CCCCC1. The van der Waals surface area contributed by atoms with Crippen LogP contribution in [0, 0.1) is 0 Å². The fraction of sp³-hybridized carbons (Fsp3) is 0.875. The van der Waals surface area contributed by atoms with Crippen LogP contribution in [0.3, 0.4) is 0 Å². The van der Waals surface area contributed by atoms with Gasteiger partial charge in [-0.2, -0.15) is 0 Å². The van der Waals surface area contributed by atoms with Gasteiger partial charge in [-0.15, -0.1) is 0 Å². The van der Waals surface area contributed by atoms with Crippen molar-refractivity contribution in [2.75, 3.05) is 19.6 Å². The molecule has 3 heteroatoms. The lowest BCUT2D eigenvalue weighted by atomic mass is 10.2. The first-order valence-electron chi connectivity index (χ1n) is 4.35.